The number of ether oxygens (including phenoxy) is 1. The number of piperidine rings is 1. The van der Waals surface area contributed by atoms with Gasteiger partial charge < -0.3 is 10.1 Å². The third-order valence-corrected chi connectivity index (χ3v) is 7.75. The first-order valence-corrected chi connectivity index (χ1v) is 12.9. The van der Waals surface area contributed by atoms with E-state index in [0.29, 0.717) is 57.6 Å². The molecular formula is C22H30FN3O5S. The molecule has 8 nitrogen and oxygen atoms in total. The lowest BCUT2D eigenvalue weighted by Gasteiger charge is -2.22. The fourth-order valence-electron chi connectivity index (χ4n) is 3.91. The number of rotatable bonds is 12. The first kappa shape index (κ1) is 23.1. The van der Waals surface area contributed by atoms with Crippen molar-refractivity contribution in [2.75, 3.05) is 18.9 Å². The molecular weight excluding hydrogens is 437 g/mol. The highest BCUT2D eigenvalue weighted by Crippen LogP contribution is 2.47. The molecule has 2 saturated carbocycles. The van der Waals surface area contributed by atoms with Crippen molar-refractivity contribution in [2.45, 2.75) is 62.9 Å². The lowest BCUT2D eigenvalue weighted by molar-refractivity contribution is -0.134. The maximum absolute atomic E-state index is 14.1. The van der Waals surface area contributed by atoms with E-state index in [0.717, 1.165) is 18.4 Å². The van der Waals surface area contributed by atoms with Gasteiger partial charge in [0.2, 0.25) is 21.8 Å². The Labute approximate surface area is 187 Å². The Morgan fingerprint density at radius 1 is 1.16 bits per heavy atom. The quantitative estimate of drug-likeness (QED) is 0.319. The molecule has 3 N–H and O–H groups in total. The molecule has 1 unspecified atom stereocenters. The third kappa shape index (κ3) is 6.05. The molecule has 0 radical (unpaired) electrons. The van der Waals surface area contributed by atoms with Gasteiger partial charge in [-0.2, -0.15) is 0 Å². The Morgan fingerprint density at radius 3 is 2.62 bits per heavy atom. The van der Waals surface area contributed by atoms with E-state index in [9.17, 15) is 22.4 Å². The Balaban J connectivity index is 1.24. The molecule has 3 aliphatic rings. The number of unbranched alkanes of at least 4 members (excludes halogenated alkanes) is 1. The van der Waals surface area contributed by atoms with Crippen molar-refractivity contribution in [2.24, 2.45) is 5.92 Å². The van der Waals surface area contributed by atoms with Gasteiger partial charge in [0, 0.05) is 6.42 Å². The van der Waals surface area contributed by atoms with Gasteiger partial charge in [0.25, 0.3) is 0 Å². The maximum atomic E-state index is 14.1. The van der Waals surface area contributed by atoms with E-state index in [1.165, 1.54) is 6.07 Å². The number of hydrogen-bond acceptors (Lipinski definition) is 6. The summed E-state index contributed by atoms with van der Waals surface area (Å²) in [6.07, 6.45) is 5.32. The van der Waals surface area contributed by atoms with E-state index in [1.807, 2.05) is 0 Å². The molecule has 10 heteroatoms. The van der Waals surface area contributed by atoms with Crippen molar-refractivity contribution in [1.29, 1.82) is 0 Å². The molecule has 2 amide bonds. The summed E-state index contributed by atoms with van der Waals surface area (Å²) in [6.45, 7) is 0.985. The van der Waals surface area contributed by atoms with Gasteiger partial charge >= 0.3 is 0 Å². The van der Waals surface area contributed by atoms with Gasteiger partial charge in [-0.05, 0) is 75.1 Å². The number of benzene rings is 1. The van der Waals surface area contributed by atoms with Gasteiger partial charge in [-0.15, -0.1) is 0 Å². The molecule has 1 aromatic rings. The summed E-state index contributed by atoms with van der Waals surface area (Å²) in [5.74, 6) is -0.377. The Morgan fingerprint density at radius 2 is 1.94 bits per heavy atom. The zero-order valence-electron chi connectivity index (χ0n) is 18.0. The van der Waals surface area contributed by atoms with Crippen molar-refractivity contribution < 1.29 is 27.1 Å². The summed E-state index contributed by atoms with van der Waals surface area (Å²) in [4.78, 5) is 22.9. The van der Waals surface area contributed by atoms with Gasteiger partial charge in [-0.1, -0.05) is 6.07 Å². The topological polar surface area (TPSA) is 114 Å². The molecule has 32 heavy (non-hydrogen) atoms. The van der Waals surface area contributed by atoms with Crippen molar-refractivity contribution in [1.82, 2.24) is 15.4 Å². The Kier molecular flexibility index (Phi) is 6.83. The largest absolute Gasteiger partial charge is 0.490 e. The second-order valence-corrected chi connectivity index (χ2v) is 10.9. The molecule has 1 saturated heterocycles. The minimum Gasteiger partial charge on any atom is -0.490 e. The van der Waals surface area contributed by atoms with Gasteiger partial charge in [-0.3, -0.25) is 14.9 Å². The van der Waals surface area contributed by atoms with E-state index in [2.05, 4.69) is 15.4 Å². The van der Waals surface area contributed by atoms with Crippen molar-refractivity contribution in [3.63, 3.8) is 0 Å². The van der Waals surface area contributed by atoms with Crippen molar-refractivity contribution in [3.05, 3.63) is 29.6 Å². The Bertz CT molecular complexity index is 976. The third-order valence-electron chi connectivity index (χ3n) is 6.23. The van der Waals surface area contributed by atoms with Crippen molar-refractivity contribution >= 4 is 21.8 Å². The van der Waals surface area contributed by atoms with Crippen LogP contribution in [0.3, 0.4) is 0 Å². The minimum atomic E-state index is -3.52. The highest BCUT2D eigenvalue weighted by Gasteiger charge is 2.47. The summed E-state index contributed by atoms with van der Waals surface area (Å²) >= 11 is 0. The Hall–Kier alpha value is -2.04. The average molecular weight is 468 g/mol. The smallest absolute Gasteiger partial charge is 0.243 e. The van der Waals surface area contributed by atoms with E-state index in [1.54, 1.807) is 12.1 Å². The van der Waals surface area contributed by atoms with E-state index in [-0.39, 0.29) is 23.3 Å². The van der Waals surface area contributed by atoms with E-state index in [4.69, 9.17) is 4.74 Å². The van der Waals surface area contributed by atoms with Crippen LogP contribution in [0.1, 0.15) is 56.9 Å². The fraction of sp³-hybridized carbons (Fsp3) is 0.636. The zero-order valence-corrected chi connectivity index (χ0v) is 18.8. The summed E-state index contributed by atoms with van der Waals surface area (Å²) in [5, 5.41) is 5.36. The van der Waals surface area contributed by atoms with Crippen LogP contribution in [0.2, 0.25) is 0 Å². The number of sulfonamides is 1. The molecule has 1 aliphatic heterocycles. The first-order chi connectivity index (χ1) is 15.3. The molecule has 176 valence electrons. The molecule has 0 aromatic heterocycles. The standard InChI is InChI=1S/C22H30FN3O5S/c23-17-6-5-16(13-19(17)31-14-15-3-4-15)22(9-10-22)26-32(29,30)12-2-1-11-24-18-7-8-20(27)25-21(18)28/h5-6,13,15,18,24,26H,1-4,7-12,14H2,(H,25,27,28). The number of carbonyl (C=O) groups is 2. The van der Waals surface area contributed by atoms with Crippen LogP contribution >= 0.6 is 0 Å². The zero-order chi connectivity index (χ0) is 22.8. The second kappa shape index (κ2) is 9.44. The van der Waals surface area contributed by atoms with Crippen LogP contribution in [0.15, 0.2) is 18.2 Å². The van der Waals surface area contributed by atoms with E-state index >= 15 is 0 Å². The number of carbonyl (C=O) groups excluding carboxylic acids is 2. The molecule has 3 fully saturated rings. The number of hydrogen-bond donors (Lipinski definition) is 3. The normalized spacial score (nSPS) is 22.5. The van der Waals surface area contributed by atoms with Crippen LogP contribution in [0, 0.1) is 11.7 Å². The molecule has 2 aliphatic carbocycles. The van der Waals surface area contributed by atoms with Crippen LogP contribution in [0.5, 0.6) is 5.75 Å². The van der Waals surface area contributed by atoms with Crippen LogP contribution in [-0.4, -0.2) is 45.2 Å². The molecule has 1 atom stereocenters. The number of imide groups is 1. The predicted molar refractivity (Wildman–Crippen MR) is 116 cm³/mol. The van der Waals surface area contributed by atoms with Crippen LogP contribution in [0.25, 0.3) is 0 Å². The lowest BCUT2D eigenvalue weighted by atomic mass is 10.1. The SMILES string of the molecule is O=C1CCC(NCCCCS(=O)(=O)NC2(c3ccc(F)c(OCC4CC4)c3)CC2)C(=O)N1. The molecule has 1 heterocycles. The van der Waals surface area contributed by atoms with Crippen LogP contribution < -0.4 is 20.1 Å². The van der Waals surface area contributed by atoms with Gasteiger partial charge in [0.05, 0.1) is 23.9 Å². The maximum Gasteiger partial charge on any atom is 0.243 e. The van der Waals surface area contributed by atoms with Gasteiger partial charge in [-0.25, -0.2) is 17.5 Å². The van der Waals surface area contributed by atoms with Crippen LogP contribution in [0.4, 0.5) is 4.39 Å². The lowest BCUT2D eigenvalue weighted by Crippen LogP contribution is -2.50. The number of nitrogens with one attached hydrogen (secondary N) is 3. The highest BCUT2D eigenvalue weighted by atomic mass is 32.2. The highest BCUT2D eigenvalue weighted by molar-refractivity contribution is 7.89. The summed E-state index contributed by atoms with van der Waals surface area (Å²) < 4.78 is 47.8. The number of halogens is 1. The second-order valence-electron chi connectivity index (χ2n) is 9.07. The van der Waals surface area contributed by atoms with Gasteiger partial charge in [0.1, 0.15) is 0 Å². The van der Waals surface area contributed by atoms with E-state index < -0.39 is 27.4 Å². The minimum absolute atomic E-state index is 0.0298. The first-order valence-electron chi connectivity index (χ1n) is 11.3. The monoisotopic (exact) mass is 467 g/mol. The average Bonchev–Trinajstić information content (AvgIpc) is 3.65. The molecule has 4 rings (SSSR count). The fourth-order valence-corrected chi connectivity index (χ4v) is 5.51. The van der Waals surface area contributed by atoms with Gasteiger partial charge in [0.15, 0.2) is 11.6 Å². The van der Waals surface area contributed by atoms with Crippen LogP contribution in [-0.2, 0) is 25.2 Å². The molecule has 0 bridgehead atoms. The molecule has 1 aromatic carbocycles. The summed E-state index contributed by atoms with van der Waals surface area (Å²) in [6, 6.07) is 4.18. The molecule has 0 spiro atoms. The number of amides is 2. The summed E-state index contributed by atoms with van der Waals surface area (Å²) in [7, 11) is -3.52. The summed E-state index contributed by atoms with van der Waals surface area (Å²) in [5.41, 5.74) is 0.0441. The van der Waals surface area contributed by atoms with Crippen molar-refractivity contribution in [3.8, 4) is 5.75 Å². The predicted octanol–water partition coefficient (Wildman–Crippen LogP) is 1.70.